The second-order valence-electron chi connectivity index (χ2n) is 2.46. The number of nitrogen functional groups attached to an aromatic ring is 1. The highest BCUT2D eigenvalue weighted by Crippen LogP contribution is 2.34. The van der Waals surface area contributed by atoms with Crippen molar-refractivity contribution in [2.75, 3.05) is 5.73 Å². The van der Waals surface area contributed by atoms with Crippen molar-refractivity contribution in [2.24, 2.45) is 0 Å². The van der Waals surface area contributed by atoms with Crippen LogP contribution in [-0.2, 0) is 0 Å². The molecule has 1 aromatic heterocycles. The molecule has 0 bridgehead atoms. The number of hydrogen-bond donors (Lipinski definition) is 1. The molecule has 0 aliphatic rings. The molecule has 2 aromatic rings. The minimum absolute atomic E-state index is 0.421. The standard InChI is InChI=1S/C8H6ClN3OS/c9-5-2-1-3-6(10)7(5)13-8-12-11-4-14-8/h1-4H,10H2. The number of nitrogens with zero attached hydrogens (tertiary/aromatic N) is 2. The summed E-state index contributed by atoms with van der Waals surface area (Å²) < 4.78 is 5.37. The molecule has 6 heteroatoms. The summed E-state index contributed by atoms with van der Waals surface area (Å²) in [6, 6.07) is 5.17. The summed E-state index contributed by atoms with van der Waals surface area (Å²) in [6.07, 6.45) is 0. The number of halogens is 1. The van der Waals surface area contributed by atoms with Gasteiger partial charge in [-0.1, -0.05) is 34.1 Å². The predicted molar refractivity (Wildman–Crippen MR) is 55.8 cm³/mol. The van der Waals surface area contributed by atoms with E-state index in [0.717, 1.165) is 0 Å². The largest absolute Gasteiger partial charge is 0.426 e. The first-order chi connectivity index (χ1) is 6.77. The number of aromatic nitrogens is 2. The average Bonchev–Trinajstić information content (AvgIpc) is 2.64. The monoisotopic (exact) mass is 227 g/mol. The lowest BCUT2D eigenvalue weighted by Crippen LogP contribution is -1.92. The third kappa shape index (κ3) is 1.78. The maximum Gasteiger partial charge on any atom is 0.299 e. The Morgan fingerprint density at radius 2 is 2.29 bits per heavy atom. The zero-order valence-corrected chi connectivity index (χ0v) is 8.55. The van der Waals surface area contributed by atoms with Gasteiger partial charge in [0.25, 0.3) is 5.19 Å². The molecule has 1 heterocycles. The molecule has 0 aliphatic heterocycles. The smallest absolute Gasteiger partial charge is 0.299 e. The van der Waals surface area contributed by atoms with Gasteiger partial charge in [0, 0.05) is 0 Å². The van der Waals surface area contributed by atoms with Crippen LogP contribution in [0.4, 0.5) is 5.69 Å². The Labute approximate surface area is 89.3 Å². The van der Waals surface area contributed by atoms with Crippen molar-refractivity contribution < 1.29 is 4.74 Å². The van der Waals surface area contributed by atoms with E-state index < -0.39 is 0 Å². The fraction of sp³-hybridized carbons (Fsp3) is 0. The summed E-state index contributed by atoms with van der Waals surface area (Å²) in [5, 5.41) is 8.24. The van der Waals surface area contributed by atoms with Gasteiger partial charge in [-0.15, -0.1) is 5.10 Å². The summed E-state index contributed by atoms with van der Waals surface area (Å²) in [5.41, 5.74) is 7.74. The van der Waals surface area contributed by atoms with Crippen molar-refractivity contribution in [1.82, 2.24) is 10.2 Å². The molecule has 0 radical (unpaired) electrons. The number of para-hydroxylation sites is 1. The van der Waals surface area contributed by atoms with Gasteiger partial charge >= 0.3 is 0 Å². The van der Waals surface area contributed by atoms with E-state index in [1.807, 2.05) is 0 Å². The number of benzene rings is 1. The topological polar surface area (TPSA) is 61.0 Å². The van der Waals surface area contributed by atoms with Crippen LogP contribution in [0, 0.1) is 0 Å². The Hall–Kier alpha value is -1.33. The summed E-state index contributed by atoms with van der Waals surface area (Å²) in [6.45, 7) is 0. The van der Waals surface area contributed by atoms with E-state index in [0.29, 0.717) is 21.7 Å². The lowest BCUT2D eigenvalue weighted by molar-refractivity contribution is 0.476. The fourth-order valence-electron chi connectivity index (χ4n) is 0.928. The summed E-state index contributed by atoms with van der Waals surface area (Å²) in [4.78, 5) is 0. The van der Waals surface area contributed by atoms with E-state index in [9.17, 15) is 0 Å². The zero-order chi connectivity index (χ0) is 9.97. The van der Waals surface area contributed by atoms with Crippen molar-refractivity contribution in [3.8, 4) is 10.9 Å². The molecular weight excluding hydrogens is 222 g/mol. The highest BCUT2D eigenvalue weighted by Gasteiger charge is 2.08. The van der Waals surface area contributed by atoms with Crippen molar-refractivity contribution in [2.45, 2.75) is 0 Å². The second-order valence-corrected chi connectivity index (χ2v) is 3.67. The normalized spacial score (nSPS) is 10.1. The molecule has 2 N–H and O–H groups in total. The molecule has 0 saturated carbocycles. The van der Waals surface area contributed by atoms with E-state index in [1.54, 1.807) is 23.7 Å². The van der Waals surface area contributed by atoms with Crippen LogP contribution < -0.4 is 10.5 Å². The van der Waals surface area contributed by atoms with Gasteiger partial charge in [-0.2, -0.15) is 0 Å². The van der Waals surface area contributed by atoms with Gasteiger partial charge in [-0.3, -0.25) is 0 Å². The maximum absolute atomic E-state index is 5.90. The minimum atomic E-state index is 0.421. The molecule has 0 atom stereocenters. The van der Waals surface area contributed by atoms with Gasteiger partial charge < -0.3 is 10.5 Å². The van der Waals surface area contributed by atoms with E-state index in [1.165, 1.54) is 11.3 Å². The number of hydrogen-bond acceptors (Lipinski definition) is 5. The minimum Gasteiger partial charge on any atom is -0.426 e. The van der Waals surface area contributed by atoms with Crippen LogP contribution in [0.15, 0.2) is 23.7 Å². The third-order valence-electron chi connectivity index (χ3n) is 1.53. The highest BCUT2D eigenvalue weighted by molar-refractivity contribution is 7.11. The molecular formula is C8H6ClN3OS. The summed E-state index contributed by atoms with van der Waals surface area (Å²) in [5.74, 6) is 0.422. The maximum atomic E-state index is 5.90. The highest BCUT2D eigenvalue weighted by atomic mass is 35.5. The molecule has 0 fully saturated rings. The molecule has 72 valence electrons. The van der Waals surface area contributed by atoms with Gasteiger partial charge in [0.1, 0.15) is 5.51 Å². The Morgan fingerprint density at radius 3 is 2.93 bits per heavy atom. The van der Waals surface area contributed by atoms with E-state index in [-0.39, 0.29) is 0 Å². The first-order valence-electron chi connectivity index (χ1n) is 3.75. The first-order valence-corrected chi connectivity index (χ1v) is 5.01. The van der Waals surface area contributed by atoms with Crippen molar-refractivity contribution in [3.63, 3.8) is 0 Å². The van der Waals surface area contributed by atoms with Gasteiger partial charge in [0.2, 0.25) is 0 Å². The Morgan fingerprint density at radius 1 is 1.43 bits per heavy atom. The average molecular weight is 228 g/mol. The Kier molecular flexibility index (Phi) is 2.51. The van der Waals surface area contributed by atoms with Crippen molar-refractivity contribution in [3.05, 3.63) is 28.7 Å². The lowest BCUT2D eigenvalue weighted by atomic mass is 10.3. The zero-order valence-electron chi connectivity index (χ0n) is 6.98. The molecule has 0 aliphatic carbocycles. The molecule has 0 spiro atoms. The molecule has 4 nitrogen and oxygen atoms in total. The lowest BCUT2D eigenvalue weighted by Gasteiger charge is -2.05. The first kappa shape index (κ1) is 9.23. The molecule has 1 aromatic carbocycles. The number of rotatable bonds is 2. The van der Waals surface area contributed by atoms with Gasteiger partial charge in [-0.05, 0) is 12.1 Å². The van der Waals surface area contributed by atoms with Crippen LogP contribution in [0.2, 0.25) is 5.02 Å². The van der Waals surface area contributed by atoms with Crippen LogP contribution in [0.3, 0.4) is 0 Å². The van der Waals surface area contributed by atoms with Crippen LogP contribution in [0.5, 0.6) is 10.9 Å². The van der Waals surface area contributed by atoms with Gasteiger partial charge in [0.15, 0.2) is 5.75 Å². The quantitative estimate of drug-likeness (QED) is 0.801. The van der Waals surface area contributed by atoms with E-state index in [4.69, 9.17) is 22.1 Å². The molecule has 14 heavy (non-hydrogen) atoms. The fourth-order valence-corrected chi connectivity index (χ4v) is 1.56. The Bertz CT molecular complexity index is 412. The summed E-state index contributed by atoms with van der Waals surface area (Å²) in [7, 11) is 0. The number of ether oxygens (including phenoxy) is 1. The van der Waals surface area contributed by atoms with Crippen LogP contribution in [0.25, 0.3) is 0 Å². The van der Waals surface area contributed by atoms with Crippen molar-refractivity contribution >= 4 is 28.6 Å². The third-order valence-corrected chi connectivity index (χ3v) is 2.39. The van der Waals surface area contributed by atoms with Gasteiger partial charge in [-0.25, -0.2) is 0 Å². The van der Waals surface area contributed by atoms with E-state index in [2.05, 4.69) is 10.2 Å². The molecule has 0 unspecified atom stereocenters. The number of nitrogens with two attached hydrogens (primary N) is 1. The Balaban J connectivity index is 2.33. The molecule has 0 amide bonds. The molecule has 2 rings (SSSR count). The SMILES string of the molecule is Nc1cccc(Cl)c1Oc1nncs1. The van der Waals surface area contributed by atoms with Crippen LogP contribution in [-0.4, -0.2) is 10.2 Å². The van der Waals surface area contributed by atoms with Gasteiger partial charge in [0.05, 0.1) is 10.7 Å². The second kappa shape index (κ2) is 3.81. The van der Waals surface area contributed by atoms with Crippen LogP contribution >= 0.6 is 22.9 Å². The van der Waals surface area contributed by atoms with Crippen LogP contribution in [0.1, 0.15) is 0 Å². The number of anilines is 1. The predicted octanol–water partition coefficient (Wildman–Crippen LogP) is 2.57. The van der Waals surface area contributed by atoms with E-state index >= 15 is 0 Å². The summed E-state index contributed by atoms with van der Waals surface area (Å²) >= 11 is 7.17. The van der Waals surface area contributed by atoms with Crippen molar-refractivity contribution in [1.29, 1.82) is 0 Å². The molecule has 0 saturated heterocycles.